The number of likely N-dealkylation sites (tertiary alicyclic amines) is 1. The standard InChI is InChI=1S/C25H35F2N9O4/c1-4-39-21-14-29-19(13-30-21)32-23(37)35(3)18-16-36(11-8-25(18,26)27)22-28-9-7-20(33-22)40-24(38)31-12-17-6-5-10-34(2)15-17/h7,9,13-14,17-18H,4-6,8,10-12,15-16H2,1-3H3,(H,31,38)(H,29,32,37)/t17-,18+/m1/s1. The van der Waals surface area contributed by atoms with Gasteiger partial charge in [-0.25, -0.2) is 33.3 Å². The SMILES string of the molecule is CCOc1cnc(NC(=O)N(C)[C@H]2CN(c3nccc(OC(=O)NC[C@H]4CCCN(C)C4)n3)CCC2(F)F)cn1. The molecule has 3 amide bonds. The van der Waals surface area contributed by atoms with Crippen molar-refractivity contribution in [3.8, 4) is 11.8 Å². The molecule has 2 fully saturated rings. The first-order valence-corrected chi connectivity index (χ1v) is 13.2. The largest absolute Gasteiger partial charge is 0.477 e. The van der Waals surface area contributed by atoms with Crippen LogP contribution < -0.4 is 25.0 Å². The van der Waals surface area contributed by atoms with Crippen LogP contribution in [0.25, 0.3) is 0 Å². The van der Waals surface area contributed by atoms with Crippen LogP contribution in [0, 0.1) is 5.92 Å². The zero-order valence-electron chi connectivity index (χ0n) is 22.8. The number of carbonyl (C=O) groups excluding carboxylic acids is 2. The van der Waals surface area contributed by atoms with Crippen molar-refractivity contribution in [1.82, 2.24) is 35.1 Å². The Hall–Kier alpha value is -3.88. The normalized spacial score (nSPS) is 20.9. The molecule has 13 nitrogen and oxygen atoms in total. The number of likely N-dealkylation sites (N-methyl/N-ethyl adjacent to an activating group) is 1. The van der Waals surface area contributed by atoms with Gasteiger partial charge in [0.25, 0.3) is 5.92 Å². The van der Waals surface area contributed by atoms with E-state index in [0.717, 1.165) is 30.8 Å². The minimum Gasteiger partial charge on any atom is -0.477 e. The predicted molar refractivity (Wildman–Crippen MR) is 142 cm³/mol. The molecule has 4 rings (SSSR count). The van der Waals surface area contributed by atoms with Crippen molar-refractivity contribution in [3.63, 3.8) is 0 Å². The number of piperidine rings is 2. The number of urea groups is 1. The number of nitrogens with zero attached hydrogens (tertiary/aromatic N) is 7. The van der Waals surface area contributed by atoms with E-state index >= 15 is 0 Å². The maximum atomic E-state index is 14.9. The Labute approximate surface area is 231 Å². The lowest BCUT2D eigenvalue weighted by atomic mass is 9.99. The zero-order chi connectivity index (χ0) is 28.7. The first-order valence-electron chi connectivity index (χ1n) is 13.2. The summed E-state index contributed by atoms with van der Waals surface area (Å²) in [4.78, 5) is 46.3. The Bertz CT molecular complexity index is 1160. The van der Waals surface area contributed by atoms with E-state index in [9.17, 15) is 18.4 Å². The van der Waals surface area contributed by atoms with Gasteiger partial charge >= 0.3 is 12.1 Å². The van der Waals surface area contributed by atoms with E-state index < -0.39 is 30.5 Å². The Morgan fingerprint density at radius 2 is 2.00 bits per heavy atom. The lowest BCUT2D eigenvalue weighted by Crippen LogP contribution is -2.60. The monoisotopic (exact) mass is 563 g/mol. The van der Waals surface area contributed by atoms with Gasteiger partial charge in [0, 0.05) is 51.9 Å². The van der Waals surface area contributed by atoms with Crippen LogP contribution in [0.3, 0.4) is 0 Å². The highest BCUT2D eigenvalue weighted by Crippen LogP contribution is 2.33. The van der Waals surface area contributed by atoms with Gasteiger partial charge in [0.1, 0.15) is 6.04 Å². The maximum Gasteiger partial charge on any atom is 0.413 e. The second kappa shape index (κ2) is 13.0. The molecule has 15 heteroatoms. The number of alkyl halides is 2. The van der Waals surface area contributed by atoms with E-state index in [-0.39, 0.29) is 36.6 Å². The van der Waals surface area contributed by atoms with Crippen LogP contribution in [0.5, 0.6) is 11.8 Å². The summed E-state index contributed by atoms with van der Waals surface area (Å²) in [7, 11) is 3.34. The highest BCUT2D eigenvalue weighted by atomic mass is 19.3. The van der Waals surface area contributed by atoms with Crippen molar-refractivity contribution < 1.29 is 27.8 Å². The molecule has 4 heterocycles. The maximum absolute atomic E-state index is 14.9. The van der Waals surface area contributed by atoms with Crippen molar-refractivity contribution in [2.45, 2.75) is 38.2 Å². The first-order chi connectivity index (χ1) is 19.1. The van der Waals surface area contributed by atoms with Crippen LogP contribution in [-0.2, 0) is 0 Å². The molecule has 2 aromatic rings. The molecule has 0 radical (unpaired) electrons. The summed E-state index contributed by atoms with van der Waals surface area (Å²) in [6.07, 6.45) is 4.95. The highest BCUT2D eigenvalue weighted by Gasteiger charge is 2.48. The average molecular weight is 564 g/mol. The van der Waals surface area contributed by atoms with Crippen LogP contribution in [0.15, 0.2) is 24.7 Å². The molecule has 0 bridgehead atoms. The fourth-order valence-corrected chi connectivity index (χ4v) is 4.75. The molecule has 0 unspecified atom stereocenters. The molecule has 2 atom stereocenters. The van der Waals surface area contributed by atoms with Gasteiger partial charge in [0.05, 0.1) is 19.0 Å². The fourth-order valence-electron chi connectivity index (χ4n) is 4.75. The molecule has 0 spiro atoms. The van der Waals surface area contributed by atoms with Crippen LogP contribution >= 0.6 is 0 Å². The third-order valence-electron chi connectivity index (χ3n) is 6.89. The molecular formula is C25H35F2N9O4. The number of hydrogen-bond donors (Lipinski definition) is 2. The second-order valence-electron chi connectivity index (χ2n) is 9.92. The van der Waals surface area contributed by atoms with Gasteiger partial charge in [-0.3, -0.25) is 5.32 Å². The number of nitrogens with one attached hydrogen (secondary N) is 2. The van der Waals surface area contributed by atoms with Crippen LogP contribution in [0.4, 0.5) is 30.1 Å². The molecule has 40 heavy (non-hydrogen) atoms. The van der Waals surface area contributed by atoms with Crippen molar-refractivity contribution in [1.29, 1.82) is 0 Å². The Kier molecular flexibility index (Phi) is 9.45. The first kappa shape index (κ1) is 29.1. The third kappa shape index (κ3) is 7.61. The van der Waals surface area contributed by atoms with Gasteiger partial charge in [-0.05, 0) is 39.3 Å². The van der Waals surface area contributed by atoms with Gasteiger partial charge < -0.3 is 29.5 Å². The number of anilines is 2. The molecule has 2 aliphatic heterocycles. The number of hydrogen-bond acceptors (Lipinski definition) is 10. The van der Waals surface area contributed by atoms with Crippen molar-refractivity contribution in [2.24, 2.45) is 5.92 Å². The van der Waals surface area contributed by atoms with Gasteiger partial charge in [0.2, 0.25) is 17.7 Å². The smallest absolute Gasteiger partial charge is 0.413 e. The Morgan fingerprint density at radius 3 is 2.73 bits per heavy atom. The summed E-state index contributed by atoms with van der Waals surface area (Å²) < 4.78 is 40.4. The fraction of sp³-hybridized carbons (Fsp3) is 0.600. The summed E-state index contributed by atoms with van der Waals surface area (Å²) in [6.45, 7) is 4.35. The van der Waals surface area contributed by atoms with Crippen molar-refractivity contribution in [3.05, 3.63) is 24.7 Å². The Morgan fingerprint density at radius 1 is 1.18 bits per heavy atom. The highest BCUT2D eigenvalue weighted by molar-refractivity contribution is 5.88. The number of aromatic nitrogens is 4. The number of rotatable bonds is 8. The molecule has 0 aliphatic carbocycles. The van der Waals surface area contributed by atoms with Crippen molar-refractivity contribution in [2.75, 3.05) is 63.6 Å². The van der Waals surface area contributed by atoms with Crippen LogP contribution in [0.1, 0.15) is 26.2 Å². The predicted octanol–water partition coefficient (Wildman–Crippen LogP) is 2.47. The lowest BCUT2D eigenvalue weighted by molar-refractivity contribution is -0.0760. The molecular weight excluding hydrogens is 528 g/mol. The lowest BCUT2D eigenvalue weighted by Gasteiger charge is -2.42. The molecule has 2 N–H and O–H groups in total. The Balaban J connectivity index is 1.35. The molecule has 2 aromatic heterocycles. The van der Waals surface area contributed by atoms with Gasteiger partial charge in [-0.15, -0.1) is 0 Å². The summed E-state index contributed by atoms with van der Waals surface area (Å²) >= 11 is 0. The summed E-state index contributed by atoms with van der Waals surface area (Å²) in [5.74, 6) is -2.32. The second-order valence-corrected chi connectivity index (χ2v) is 9.92. The van der Waals surface area contributed by atoms with Crippen LogP contribution in [0.2, 0.25) is 0 Å². The minimum absolute atomic E-state index is 0.00248. The van der Waals surface area contributed by atoms with Gasteiger partial charge in [-0.2, -0.15) is 4.98 Å². The van der Waals surface area contributed by atoms with E-state index in [1.54, 1.807) is 6.92 Å². The van der Waals surface area contributed by atoms with Crippen LogP contribution in [-0.4, -0.2) is 107 Å². The molecule has 2 aliphatic rings. The number of amides is 3. The van der Waals surface area contributed by atoms with E-state index in [1.165, 1.54) is 36.6 Å². The molecule has 218 valence electrons. The summed E-state index contributed by atoms with van der Waals surface area (Å²) in [5.41, 5.74) is 0. The third-order valence-corrected chi connectivity index (χ3v) is 6.89. The summed E-state index contributed by atoms with van der Waals surface area (Å²) in [6, 6.07) is -0.837. The minimum atomic E-state index is -3.16. The molecule has 0 aromatic carbocycles. The average Bonchev–Trinajstić information content (AvgIpc) is 2.93. The molecule has 0 saturated carbocycles. The number of halogens is 2. The number of carbonyl (C=O) groups is 2. The van der Waals surface area contributed by atoms with Gasteiger partial charge in [-0.1, -0.05) is 0 Å². The van der Waals surface area contributed by atoms with E-state index in [2.05, 4.69) is 42.5 Å². The van der Waals surface area contributed by atoms with Gasteiger partial charge in [0.15, 0.2) is 5.82 Å². The van der Waals surface area contributed by atoms with E-state index in [0.29, 0.717) is 19.1 Å². The van der Waals surface area contributed by atoms with E-state index in [4.69, 9.17) is 9.47 Å². The zero-order valence-corrected chi connectivity index (χ0v) is 22.8. The van der Waals surface area contributed by atoms with E-state index in [1.807, 2.05) is 0 Å². The summed E-state index contributed by atoms with van der Waals surface area (Å²) in [5, 5.41) is 5.24. The number of ether oxygens (including phenoxy) is 2. The molecule has 2 saturated heterocycles. The quantitative estimate of drug-likeness (QED) is 0.493. The van der Waals surface area contributed by atoms with Crippen molar-refractivity contribution >= 4 is 23.9 Å². The topological polar surface area (TPSA) is 138 Å².